The van der Waals surface area contributed by atoms with Gasteiger partial charge in [0, 0.05) is 11.1 Å². The molecule has 0 aliphatic heterocycles. The lowest BCUT2D eigenvalue weighted by atomic mass is 10.1. The highest BCUT2D eigenvalue weighted by atomic mass is 35.5. The topological polar surface area (TPSA) is 64.1 Å². The minimum absolute atomic E-state index is 0.0714. The number of ether oxygens (including phenoxy) is 1. The van der Waals surface area contributed by atoms with Gasteiger partial charge in [-0.1, -0.05) is 37.0 Å². The smallest absolute Gasteiger partial charge is 0.258 e. The molecule has 1 amide bonds. The molecule has 2 rings (SSSR count). The summed E-state index contributed by atoms with van der Waals surface area (Å²) in [7, 11) is 0. The van der Waals surface area contributed by atoms with E-state index in [0.717, 1.165) is 0 Å². The van der Waals surface area contributed by atoms with Crippen molar-refractivity contribution < 1.29 is 9.53 Å². The first-order valence-electron chi connectivity index (χ1n) is 6.90. The van der Waals surface area contributed by atoms with Gasteiger partial charge in [0.15, 0.2) is 6.61 Å². The van der Waals surface area contributed by atoms with Crippen molar-refractivity contribution in [2.45, 2.75) is 26.8 Å². The number of fused-ring (bicyclic) bond motifs is 1. The number of hydrogen-bond acceptors (Lipinski definition) is 4. The van der Waals surface area contributed by atoms with Crippen LogP contribution in [0.5, 0.6) is 5.88 Å². The molecule has 0 aliphatic carbocycles. The van der Waals surface area contributed by atoms with Crippen LogP contribution in [0, 0.1) is 5.92 Å². The van der Waals surface area contributed by atoms with E-state index >= 15 is 0 Å². The van der Waals surface area contributed by atoms with Gasteiger partial charge in [0.25, 0.3) is 5.91 Å². The normalized spacial score (nSPS) is 12.5. The van der Waals surface area contributed by atoms with E-state index in [-0.39, 0.29) is 24.4 Å². The summed E-state index contributed by atoms with van der Waals surface area (Å²) < 4.78 is 5.49. The summed E-state index contributed by atoms with van der Waals surface area (Å²) in [6.07, 6.45) is 1.34. The van der Waals surface area contributed by atoms with E-state index in [1.165, 1.54) is 6.33 Å². The zero-order valence-corrected chi connectivity index (χ0v) is 14.1. The highest BCUT2D eigenvalue weighted by Gasteiger charge is 2.14. The molecule has 1 aromatic carbocycles. The number of halogens is 2. The van der Waals surface area contributed by atoms with E-state index in [1.54, 1.807) is 12.1 Å². The second-order valence-electron chi connectivity index (χ2n) is 5.35. The number of nitrogens with one attached hydrogen (secondary N) is 1. The van der Waals surface area contributed by atoms with E-state index in [9.17, 15) is 4.79 Å². The summed E-state index contributed by atoms with van der Waals surface area (Å²) in [6.45, 7) is 5.89. The van der Waals surface area contributed by atoms with Crippen LogP contribution in [0.4, 0.5) is 0 Å². The predicted octanol–water partition coefficient (Wildman–Crippen LogP) is 3.48. The average molecular weight is 342 g/mol. The van der Waals surface area contributed by atoms with Crippen molar-refractivity contribution in [2.24, 2.45) is 5.92 Å². The summed E-state index contributed by atoms with van der Waals surface area (Å²) in [4.78, 5) is 20.0. The van der Waals surface area contributed by atoms with Crippen LogP contribution in [-0.2, 0) is 4.79 Å². The highest BCUT2D eigenvalue weighted by Crippen LogP contribution is 2.30. The Kier molecular flexibility index (Phi) is 5.42. The minimum atomic E-state index is -0.207. The molecule has 0 spiro atoms. The Morgan fingerprint density at radius 1 is 1.27 bits per heavy atom. The Bertz CT molecular complexity index is 692. The Balaban J connectivity index is 2.14. The predicted molar refractivity (Wildman–Crippen MR) is 87.5 cm³/mol. The first kappa shape index (κ1) is 16.8. The maximum atomic E-state index is 11.9. The van der Waals surface area contributed by atoms with Crippen LogP contribution in [0.15, 0.2) is 18.5 Å². The van der Waals surface area contributed by atoms with Crippen molar-refractivity contribution >= 4 is 40.0 Å². The standard InChI is InChI=1S/C15H17Cl2N3O2/c1-8(2)9(3)20-13(21)6-22-15-11-4-10(16)5-12(17)14(11)18-7-19-15/h4-5,7-9H,6H2,1-3H3,(H,20,21). The fourth-order valence-electron chi connectivity index (χ4n) is 1.78. The van der Waals surface area contributed by atoms with Gasteiger partial charge in [-0.3, -0.25) is 4.79 Å². The first-order valence-corrected chi connectivity index (χ1v) is 7.66. The highest BCUT2D eigenvalue weighted by molar-refractivity contribution is 6.38. The summed E-state index contributed by atoms with van der Waals surface area (Å²) in [6, 6.07) is 3.33. The molecule has 0 saturated carbocycles. The van der Waals surface area contributed by atoms with E-state index in [0.29, 0.717) is 26.9 Å². The van der Waals surface area contributed by atoms with Gasteiger partial charge < -0.3 is 10.1 Å². The number of rotatable bonds is 5. The Labute approximate surface area is 139 Å². The van der Waals surface area contributed by atoms with Crippen molar-refractivity contribution in [3.05, 3.63) is 28.5 Å². The van der Waals surface area contributed by atoms with Gasteiger partial charge in [-0.25, -0.2) is 9.97 Å². The maximum absolute atomic E-state index is 11.9. The van der Waals surface area contributed by atoms with E-state index < -0.39 is 0 Å². The van der Waals surface area contributed by atoms with Crippen LogP contribution in [-0.4, -0.2) is 28.5 Å². The third kappa shape index (κ3) is 3.99. The van der Waals surface area contributed by atoms with E-state index in [2.05, 4.69) is 15.3 Å². The first-order chi connectivity index (χ1) is 10.4. The van der Waals surface area contributed by atoms with Crippen molar-refractivity contribution in [3.63, 3.8) is 0 Å². The van der Waals surface area contributed by atoms with Crippen LogP contribution >= 0.6 is 23.2 Å². The van der Waals surface area contributed by atoms with Gasteiger partial charge in [-0.2, -0.15) is 0 Å². The molecule has 0 aliphatic rings. The Morgan fingerprint density at radius 2 is 2.00 bits per heavy atom. The van der Waals surface area contributed by atoms with Crippen molar-refractivity contribution in [3.8, 4) is 5.88 Å². The molecule has 1 heterocycles. The number of aromatic nitrogens is 2. The van der Waals surface area contributed by atoms with Crippen LogP contribution in [0.3, 0.4) is 0 Å². The van der Waals surface area contributed by atoms with Gasteiger partial charge in [-0.05, 0) is 25.0 Å². The molecule has 1 unspecified atom stereocenters. The second-order valence-corrected chi connectivity index (χ2v) is 6.20. The summed E-state index contributed by atoms with van der Waals surface area (Å²) in [5.74, 6) is 0.421. The SMILES string of the molecule is CC(C)C(C)NC(=O)COc1ncnc2c(Cl)cc(Cl)cc12. The quantitative estimate of drug-likeness (QED) is 0.904. The van der Waals surface area contributed by atoms with E-state index in [4.69, 9.17) is 27.9 Å². The number of nitrogens with zero attached hydrogens (tertiary/aromatic N) is 2. The lowest BCUT2D eigenvalue weighted by Crippen LogP contribution is -2.39. The zero-order chi connectivity index (χ0) is 16.3. The molecule has 118 valence electrons. The molecule has 1 aromatic heterocycles. The van der Waals surface area contributed by atoms with Crippen molar-refractivity contribution in [1.82, 2.24) is 15.3 Å². The minimum Gasteiger partial charge on any atom is -0.467 e. The molecule has 0 radical (unpaired) electrons. The molecule has 7 heteroatoms. The average Bonchev–Trinajstić information content (AvgIpc) is 2.45. The third-order valence-corrected chi connectivity index (χ3v) is 3.86. The third-order valence-electron chi connectivity index (χ3n) is 3.35. The molecule has 2 aromatic rings. The van der Waals surface area contributed by atoms with Crippen LogP contribution < -0.4 is 10.1 Å². The summed E-state index contributed by atoms with van der Waals surface area (Å²) in [5, 5.41) is 4.30. The monoisotopic (exact) mass is 341 g/mol. The lowest BCUT2D eigenvalue weighted by molar-refractivity contribution is -0.124. The lowest BCUT2D eigenvalue weighted by Gasteiger charge is -2.17. The Morgan fingerprint density at radius 3 is 2.68 bits per heavy atom. The van der Waals surface area contributed by atoms with Crippen molar-refractivity contribution in [2.75, 3.05) is 6.61 Å². The fourth-order valence-corrected chi connectivity index (χ4v) is 2.32. The summed E-state index contributed by atoms with van der Waals surface area (Å²) >= 11 is 12.1. The molecule has 5 nitrogen and oxygen atoms in total. The van der Waals surface area contributed by atoms with Crippen LogP contribution in [0.2, 0.25) is 10.0 Å². The van der Waals surface area contributed by atoms with Crippen molar-refractivity contribution in [1.29, 1.82) is 0 Å². The molecule has 0 bridgehead atoms. The van der Waals surface area contributed by atoms with E-state index in [1.807, 2.05) is 20.8 Å². The molecule has 1 N–H and O–H groups in total. The number of amides is 1. The fraction of sp³-hybridized carbons (Fsp3) is 0.400. The molecule has 0 fully saturated rings. The molecule has 22 heavy (non-hydrogen) atoms. The number of carbonyl (C=O) groups is 1. The molecule has 0 saturated heterocycles. The van der Waals surface area contributed by atoms with Crippen LogP contribution in [0.25, 0.3) is 10.9 Å². The maximum Gasteiger partial charge on any atom is 0.258 e. The zero-order valence-electron chi connectivity index (χ0n) is 12.6. The molecular weight excluding hydrogens is 325 g/mol. The second kappa shape index (κ2) is 7.11. The van der Waals surface area contributed by atoms with Gasteiger partial charge in [0.2, 0.25) is 5.88 Å². The van der Waals surface area contributed by atoms with Crippen LogP contribution in [0.1, 0.15) is 20.8 Å². The molecule has 1 atom stereocenters. The largest absolute Gasteiger partial charge is 0.467 e. The number of hydrogen-bond donors (Lipinski definition) is 1. The molecular formula is C15H17Cl2N3O2. The van der Waals surface area contributed by atoms with Gasteiger partial charge in [0.05, 0.1) is 15.9 Å². The van der Waals surface area contributed by atoms with Gasteiger partial charge >= 0.3 is 0 Å². The number of carbonyl (C=O) groups excluding carboxylic acids is 1. The Hall–Kier alpha value is -1.59. The number of benzene rings is 1. The van der Waals surface area contributed by atoms with Gasteiger partial charge in [0.1, 0.15) is 6.33 Å². The summed E-state index contributed by atoms with van der Waals surface area (Å²) in [5.41, 5.74) is 0.534. The van der Waals surface area contributed by atoms with Gasteiger partial charge in [-0.15, -0.1) is 0 Å².